The SMILES string of the molecule is COc1c(C)cc2c(c1O)[C@@H]1[C@@H]3[C@@H]4SCC(=O)C(=O)OC[C@@H](c5c6c(c(C)c(C)c54)OCO6)N3[C@@H](O)[C@H](C2)N1C. The Balaban J connectivity index is 1.53. The van der Waals surface area contributed by atoms with E-state index in [0.29, 0.717) is 23.7 Å². The molecule has 5 aliphatic rings. The van der Waals surface area contributed by atoms with Gasteiger partial charge in [-0.15, -0.1) is 11.8 Å². The lowest BCUT2D eigenvalue weighted by atomic mass is 9.72. The fourth-order valence-electron chi connectivity index (χ4n) is 7.66. The first kappa shape index (κ1) is 25.9. The zero-order chi connectivity index (χ0) is 28.2. The van der Waals surface area contributed by atoms with Gasteiger partial charge in [-0.1, -0.05) is 6.07 Å². The zero-order valence-corrected chi connectivity index (χ0v) is 23.8. The normalized spacial score (nSPS) is 30.9. The lowest BCUT2D eigenvalue weighted by molar-refractivity contribution is -0.184. The number of phenolic OH excluding ortho intramolecular Hbond substituents is 1. The van der Waals surface area contributed by atoms with Crippen LogP contribution >= 0.6 is 11.8 Å². The van der Waals surface area contributed by atoms with E-state index in [4.69, 9.17) is 18.9 Å². The van der Waals surface area contributed by atoms with E-state index >= 15 is 0 Å². The van der Waals surface area contributed by atoms with Gasteiger partial charge in [-0.05, 0) is 62.1 Å². The molecule has 0 amide bonds. The minimum Gasteiger partial charge on any atom is -0.504 e. The van der Waals surface area contributed by atoms with Gasteiger partial charge >= 0.3 is 5.97 Å². The number of benzene rings is 2. The highest BCUT2D eigenvalue weighted by atomic mass is 32.2. The van der Waals surface area contributed by atoms with E-state index in [1.807, 2.05) is 38.8 Å². The molecular formula is C29H32N2O8S. The van der Waals surface area contributed by atoms with Crippen molar-refractivity contribution < 1.29 is 38.7 Å². The van der Waals surface area contributed by atoms with Crippen molar-refractivity contribution in [3.63, 3.8) is 0 Å². The van der Waals surface area contributed by atoms with E-state index in [-0.39, 0.29) is 48.3 Å². The molecule has 5 aliphatic heterocycles. The van der Waals surface area contributed by atoms with Crippen LogP contribution in [0.1, 0.15) is 56.3 Å². The maximum absolute atomic E-state index is 12.8. The first-order chi connectivity index (χ1) is 19.1. The molecule has 0 aromatic heterocycles. The molecule has 212 valence electrons. The molecule has 0 saturated carbocycles. The molecule has 0 spiro atoms. The number of piperazine rings is 1. The Morgan fingerprint density at radius 3 is 2.55 bits per heavy atom. The van der Waals surface area contributed by atoms with Gasteiger partial charge in [-0.3, -0.25) is 14.6 Å². The van der Waals surface area contributed by atoms with Crippen molar-refractivity contribution in [2.45, 2.75) is 62.8 Å². The summed E-state index contributed by atoms with van der Waals surface area (Å²) in [5, 5.41) is 23.3. The van der Waals surface area contributed by atoms with Crippen LogP contribution in [0.3, 0.4) is 0 Å². The number of likely N-dealkylation sites (N-methyl/N-ethyl adjacent to an activating group) is 1. The van der Waals surface area contributed by atoms with Crippen molar-refractivity contribution in [1.29, 1.82) is 0 Å². The highest BCUT2D eigenvalue weighted by molar-refractivity contribution is 8.00. The predicted octanol–water partition coefficient (Wildman–Crippen LogP) is 2.61. The molecule has 2 fully saturated rings. The largest absolute Gasteiger partial charge is 0.504 e. The molecule has 2 saturated heterocycles. The first-order valence-corrected chi connectivity index (χ1v) is 14.5. The number of aromatic hydroxyl groups is 1. The molecule has 2 N–H and O–H groups in total. The van der Waals surface area contributed by atoms with Crippen LogP contribution in [0.5, 0.6) is 23.0 Å². The maximum Gasteiger partial charge on any atom is 0.375 e. The van der Waals surface area contributed by atoms with Crippen LogP contribution in [0, 0.1) is 20.8 Å². The maximum atomic E-state index is 12.8. The van der Waals surface area contributed by atoms with Crippen molar-refractivity contribution in [3.8, 4) is 23.0 Å². The number of hydrogen-bond donors (Lipinski definition) is 2. The zero-order valence-electron chi connectivity index (χ0n) is 23.0. The summed E-state index contributed by atoms with van der Waals surface area (Å²) in [4.78, 5) is 29.5. The predicted molar refractivity (Wildman–Crippen MR) is 145 cm³/mol. The smallest absolute Gasteiger partial charge is 0.375 e. The molecule has 0 radical (unpaired) electrons. The number of methoxy groups -OCH3 is 1. The molecule has 2 aromatic rings. The van der Waals surface area contributed by atoms with E-state index in [9.17, 15) is 19.8 Å². The van der Waals surface area contributed by atoms with E-state index in [1.54, 1.807) is 7.11 Å². The second-order valence-corrected chi connectivity index (χ2v) is 12.4. The van der Waals surface area contributed by atoms with Gasteiger partial charge in [-0.2, -0.15) is 0 Å². The number of aryl methyl sites for hydroxylation is 1. The minimum absolute atomic E-state index is 0.0725. The van der Waals surface area contributed by atoms with Crippen molar-refractivity contribution in [2.75, 3.05) is 33.3 Å². The summed E-state index contributed by atoms with van der Waals surface area (Å²) in [6.45, 7) is 5.90. The molecule has 11 heteroatoms. The van der Waals surface area contributed by atoms with Crippen molar-refractivity contribution >= 4 is 23.5 Å². The van der Waals surface area contributed by atoms with Crippen molar-refractivity contribution in [1.82, 2.24) is 9.80 Å². The van der Waals surface area contributed by atoms with Gasteiger partial charge in [0.2, 0.25) is 12.6 Å². The van der Waals surface area contributed by atoms with E-state index in [1.165, 1.54) is 11.8 Å². The Morgan fingerprint density at radius 2 is 1.80 bits per heavy atom. The molecule has 6 atom stereocenters. The number of thioether (sulfide) groups is 1. The van der Waals surface area contributed by atoms with Crippen LogP contribution in [0.2, 0.25) is 0 Å². The quantitative estimate of drug-likeness (QED) is 0.391. The number of Topliss-reactive ketones (excluding diaryl/α,β-unsaturated/α-hetero) is 1. The number of carbonyl (C=O) groups is 2. The van der Waals surface area contributed by atoms with Gasteiger partial charge in [0.05, 0.1) is 31.0 Å². The number of ketones is 1. The van der Waals surface area contributed by atoms with Crippen LogP contribution in [0.4, 0.5) is 0 Å². The van der Waals surface area contributed by atoms with Crippen LogP contribution in [0.25, 0.3) is 0 Å². The van der Waals surface area contributed by atoms with Crippen molar-refractivity contribution in [3.05, 3.63) is 45.0 Å². The number of cyclic esters (lactones) is 1. The Morgan fingerprint density at radius 1 is 1.05 bits per heavy atom. The molecule has 0 unspecified atom stereocenters. The number of fused-ring (bicyclic) bond motifs is 9. The Labute approximate surface area is 236 Å². The summed E-state index contributed by atoms with van der Waals surface area (Å²) in [6.07, 6.45) is -0.399. The van der Waals surface area contributed by atoms with E-state index in [2.05, 4.69) is 4.90 Å². The molecule has 4 bridgehead atoms. The van der Waals surface area contributed by atoms with E-state index < -0.39 is 24.0 Å². The van der Waals surface area contributed by atoms with Gasteiger partial charge in [0, 0.05) is 22.4 Å². The number of nitrogens with zero attached hydrogens (tertiary/aromatic N) is 2. The Kier molecular flexibility index (Phi) is 5.84. The van der Waals surface area contributed by atoms with Gasteiger partial charge in [0.1, 0.15) is 12.8 Å². The average Bonchev–Trinajstić information content (AvgIpc) is 3.41. The van der Waals surface area contributed by atoms with Crippen LogP contribution < -0.4 is 14.2 Å². The van der Waals surface area contributed by atoms with Crippen LogP contribution in [-0.4, -0.2) is 83.4 Å². The first-order valence-electron chi connectivity index (χ1n) is 13.5. The van der Waals surface area contributed by atoms with Gasteiger partial charge in [0.15, 0.2) is 23.0 Å². The topological polar surface area (TPSA) is 118 Å². The number of hydrogen-bond acceptors (Lipinski definition) is 11. The molecule has 2 aromatic carbocycles. The fraction of sp³-hybridized carbons (Fsp3) is 0.517. The van der Waals surface area contributed by atoms with E-state index in [0.717, 1.165) is 38.9 Å². The third-order valence-corrected chi connectivity index (χ3v) is 10.8. The second kappa shape index (κ2) is 9.01. The summed E-state index contributed by atoms with van der Waals surface area (Å²) >= 11 is 1.37. The minimum atomic E-state index is -0.918. The number of rotatable bonds is 1. The third-order valence-electron chi connectivity index (χ3n) is 9.51. The Hall–Kier alpha value is -2.99. The summed E-state index contributed by atoms with van der Waals surface area (Å²) in [6, 6.07) is 0.454. The standard InChI is InChI=1S/C29H32N2O8S/c1-11-6-14-7-15-28(34)31-16-8-37-29(35)17(32)9-40-27(18-12(2)13(3)25-26(20(16)18)39-10-38-25)22(31)21(30(15)4)19(14)23(33)24(11)36-5/h6,15-16,21-22,27-28,33-34H,7-10H2,1-5H3/t15-,16-,21+,22+,27+,28-/m0/s1. The van der Waals surface area contributed by atoms with Crippen molar-refractivity contribution in [2.24, 2.45) is 0 Å². The second-order valence-electron chi connectivity index (χ2n) is 11.3. The number of aliphatic hydroxyl groups excluding tert-OH is 1. The summed E-state index contributed by atoms with van der Waals surface area (Å²) in [5.41, 5.74) is 6.38. The van der Waals surface area contributed by atoms with Crippen LogP contribution in [0.15, 0.2) is 6.07 Å². The molecular weight excluding hydrogens is 536 g/mol. The number of carbonyl (C=O) groups excluding carboxylic acids is 2. The van der Waals surface area contributed by atoms with Gasteiger partial charge < -0.3 is 29.2 Å². The summed E-state index contributed by atoms with van der Waals surface area (Å²) < 4.78 is 23.1. The molecule has 40 heavy (non-hydrogen) atoms. The number of esters is 1. The number of phenols is 1. The number of ether oxygens (including phenoxy) is 4. The average molecular weight is 569 g/mol. The monoisotopic (exact) mass is 568 g/mol. The fourth-order valence-corrected chi connectivity index (χ4v) is 9.07. The third kappa shape index (κ3) is 3.29. The molecule has 10 nitrogen and oxygen atoms in total. The molecule has 5 heterocycles. The molecule has 0 aliphatic carbocycles. The van der Waals surface area contributed by atoms with Gasteiger partial charge in [-0.25, -0.2) is 4.79 Å². The lowest BCUT2D eigenvalue weighted by Gasteiger charge is -2.62. The summed E-state index contributed by atoms with van der Waals surface area (Å²) in [5.74, 6) is 0.262. The van der Waals surface area contributed by atoms with Crippen LogP contribution in [-0.2, 0) is 20.7 Å². The highest BCUT2D eigenvalue weighted by Crippen LogP contribution is 2.62. The van der Waals surface area contributed by atoms with Gasteiger partial charge in [0.25, 0.3) is 0 Å². The number of aliphatic hydroxyl groups is 1. The molecule has 7 rings (SSSR count). The Bertz CT molecular complexity index is 1480. The highest BCUT2D eigenvalue weighted by Gasteiger charge is 2.59. The lowest BCUT2D eigenvalue weighted by Crippen LogP contribution is -2.69. The summed E-state index contributed by atoms with van der Waals surface area (Å²) in [7, 11) is 3.53.